The number of rotatable bonds is 16. The van der Waals surface area contributed by atoms with Gasteiger partial charge in [-0.15, -0.1) is 0 Å². The van der Waals surface area contributed by atoms with Crippen LogP contribution in [-0.2, 0) is 28.7 Å². The molecule has 0 aromatic heterocycles. The Hall–Kier alpha value is -4.28. The first kappa shape index (κ1) is 34.9. The van der Waals surface area contributed by atoms with Crippen molar-refractivity contribution in [2.24, 2.45) is 5.73 Å². The van der Waals surface area contributed by atoms with Crippen LogP contribution in [0.4, 0.5) is 0 Å². The van der Waals surface area contributed by atoms with Crippen molar-refractivity contribution in [2.75, 3.05) is 20.0 Å². The van der Waals surface area contributed by atoms with E-state index in [0.717, 1.165) is 25.1 Å². The topological polar surface area (TPSA) is 267 Å². The van der Waals surface area contributed by atoms with Gasteiger partial charge in [-0.2, -0.15) is 0 Å². The van der Waals surface area contributed by atoms with Gasteiger partial charge in [0, 0.05) is 6.92 Å². The standard InChI is InChI=1S/C24H29N3O16/c1-13(28)21(25)24(32)42-20-9-15(7-8-19(20)37-10-16(43-27(35)36)11-40-26(33)34)22(30)38-12-39-23(31)17-5-3-4-6-18(17)41-14(2)29/h3-9,13,16,21,28,33-36H,10-12,25H2,1-2H3. The van der Waals surface area contributed by atoms with Crippen molar-refractivity contribution < 1.29 is 78.5 Å². The Morgan fingerprint density at radius 2 is 1.53 bits per heavy atom. The van der Waals surface area contributed by atoms with E-state index in [-0.39, 0.29) is 22.6 Å². The number of benzene rings is 2. The Kier molecular flexibility index (Phi) is 13.8. The minimum Gasteiger partial charge on any atom is -0.487 e. The van der Waals surface area contributed by atoms with E-state index in [1.54, 1.807) is 0 Å². The molecule has 0 spiro atoms. The summed E-state index contributed by atoms with van der Waals surface area (Å²) >= 11 is 0. The van der Waals surface area contributed by atoms with Gasteiger partial charge in [-0.05, 0) is 37.3 Å². The number of nitrogens with two attached hydrogens (primary N) is 1. The van der Waals surface area contributed by atoms with Gasteiger partial charge in [0.1, 0.15) is 36.7 Å². The molecular weight excluding hydrogens is 586 g/mol. The van der Waals surface area contributed by atoms with Gasteiger partial charge >= 0.3 is 23.9 Å². The molecule has 2 rings (SSSR count). The van der Waals surface area contributed by atoms with Crippen LogP contribution in [0.2, 0.25) is 0 Å². The van der Waals surface area contributed by atoms with Crippen LogP contribution in [0.5, 0.6) is 17.2 Å². The van der Waals surface area contributed by atoms with Crippen molar-refractivity contribution in [3.8, 4) is 17.2 Å². The summed E-state index contributed by atoms with van der Waals surface area (Å²) in [5, 5.41) is 43.4. The first-order valence-electron chi connectivity index (χ1n) is 12.0. The van der Waals surface area contributed by atoms with E-state index in [9.17, 15) is 24.3 Å². The summed E-state index contributed by atoms with van der Waals surface area (Å²) in [5.41, 5.74) is 5.25. The zero-order valence-corrected chi connectivity index (χ0v) is 22.6. The van der Waals surface area contributed by atoms with E-state index < -0.39 is 78.7 Å². The summed E-state index contributed by atoms with van der Waals surface area (Å²) in [6, 6.07) is 7.47. The van der Waals surface area contributed by atoms with Gasteiger partial charge in [-0.1, -0.05) is 12.1 Å². The molecule has 0 saturated carbocycles. The van der Waals surface area contributed by atoms with Gasteiger partial charge in [0.05, 0.1) is 22.4 Å². The zero-order valence-electron chi connectivity index (χ0n) is 22.6. The molecule has 3 unspecified atom stereocenters. The van der Waals surface area contributed by atoms with Gasteiger partial charge in [0.2, 0.25) is 6.79 Å². The highest BCUT2D eigenvalue weighted by molar-refractivity contribution is 5.94. The summed E-state index contributed by atoms with van der Waals surface area (Å²) in [6.07, 6.45) is -2.72. The van der Waals surface area contributed by atoms with Crippen molar-refractivity contribution in [3.05, 3.63) is 53.6 Å². The maximum absolute atomic E-state index is 12.6. The Balaban J connectivity index is 2.17. The predicted octanol–water partition coefficient (Wildman–Crippen LogP) is -0.0319. The number of hydrogen-bond acceptors (Lipinski definition) is 19. The molecule has 0 amide bonds. The Morgan fingerprint density at radius 3 is 2.16 bits per heavy atom. The number of para-hydroxylation sites is 1. The van der Waals surface area contributed by atoms with Crippen molar-refractivity contribution in [1.29, 1.82) is 0 Å². The van der Waals surface area contributed by atoms with Crippen LogP contribution in [0.25, 0.3) is 0 Å². The number of esters is 4. The molecule has 3 atom stereocenters. The minimum atomic E-state index is -1.50. The van der Waals surface area contributed by atoms with Crippen molar-refractivity contribution in [3.63, 3.8) is 0 Å². The third-order valence-electron chi connectivity index (χ3n) is 4.97. The normalized spacial score (nSPS) is 13.2. The highest BCUT2D eigenvalue weighted by Crippen LogP contribution is 2.30. The lowest BCUT2D eigenvalue weighted by molar-refractivity contribution is -0.527. The van der Waals surface area contributed by atoms with Crippen LogP contribution in [-0.4, -0.2) is 98.8 Å². The summed E-state index contributed by atoms with van der Waals surface area (Å²) in [5.74, 6) is -4.55. The number of hydrogen-bond donors (Lipinski definition) is 6. The largest absolute Gasteiger partial charge is 0.487 e. The van der Waals surface area contributed by atoms with Crippen LogP contribution in [0.15, 0.2) is 42.5 Å². The first-order valence-corrected chi connectivity index (χ1v) is 12.0. The fourth-order valence-corrected chi connectivity index (χ4v) is 2.96. The van der Waals surface area contributed by atoms with Crippen LogP contribution in [0, 0.1) is 0 Å². The highest BCUT2D eigenvalue weighted by atomic mass is 17.1. The van der Waals surface area contributed by atoms with Gasteiger partial charge in [0.25, 0.3) is 0 Å². The first-order chi connectivity index (χ1) is 20.3. The molecule has 19 nitrogen and oxygen atoms in total. The lowest BCUT2D eigenvalue weighted by Gasteiger charge is -2.21. The third kappa shape index (κ3) is 11.9. The number of aliphatic hydroxyl groups excluding tert-OH is 1. The molecule has 7 N–H and O–H groups in total. The van der Waals surface area contributed by atoms with Gasteiger partial charge < -0.3 is 34.5 Å². The number of nitrogens with zero attached hydrogens (tertiary/aromatic N) is 2. The SMILES string of the molecule is CC(=O)Oc1ccccc1C(=O)OCOC(=O)c1ccc(OCC(CON(O)O)ON(O)O)c(OC(=O)C(N)C(C)O)c1. The Bertz CT molecular complexity index is 1250. The molecule has 0 fully saturated rings. The zero-order chi connectivity index (χ0) is 32.1. The number of carbonyl (C=O) groups excluding carboxylic acids is 4. The summed E-state index contributed by atoms with van der Waals surface area (Å²) < 4.78 is 25.4. The van der Waals surface area contributed by atoms with Crippen LogP contribution in [0.1, 0.15) is 34.6 Å². The predicted molar refractivity (Wildman–Crippen MR) is 132 cm³/mol. The van der Waals surface area contributed by atoms with Crippen molar-refractivity contribution in [1.82, 2.24) is 10.8 Å². The van der Waals surface area contributed by atoms with Crippen LogP contribution in [0.3, 0.4) is 0 Å². The second-order valence-electron chi connectivity index (χ2n) is 8.26. The fourth-order valence-electron chi connectivity index (χ4n) is 2.96. The van der Waals surface area contributed by atoms with E-state index in [1.165, 1.54) is 31.2 Å². The smallest absolute Gasteiger partial charge is 0.344 e. The monoisotopic (exact) mass is 615 g/mol. The number of ether oxygens (including phenoxy) is 5. The molecule has 0 aliphatic heterocycles. The van der Waals surface area contributed by atoms with Crippen LogP contribution < -0.4 is 19.9 Å². The maximum Gasteiger partial charge on any atom is 0.344 e. The van der Waals surface area contributed by atoms with Crippen molar-refractivity contribution >= 4 is 23.9 Å². The molecule has 0 aliphatic rings. The van der Waals surface area contributed by atoms with E-state index in [1.807, 2.05) is 0 Å². The van der Waals surface area contributed by atoms with Crippen LogP contribution >= 0.6 is 0 Å². The molecule has 0 radical (unpaired) electrons. The van der Waals surface area contributed by atoms with Gasteiger partial charge in [-0.3, -0.25) is 25.6 Å². The van der Waals surface area contributed by atoms with Gasteiger partial charge in [0.15, 0.2) is 11.5 Å². The maximum atomic E-state index is 12.6. The summed E-state index contributed by atoms with van der Waals surface area (Å²) in [7, 11) is 0. The molecular formula is C24H29N3O16. The second-order valence-corrected chi connectivity index (χ2v) is 8.26. The van der Waals surface area contributed by atoms with E-state index in [4.69, 9.17) is 50.2 Å². The number of carbonyl (C=O) groups is 4. The average Bonchev–Trinajstić information content (AvgIpc) is 2.93. The molecule has 236 valence electrons. The molecule has 0 heterocycles. The molecule has 0 bridgehead atoms. The lowest BCUT2D eigenvalue weighted by Crippen LogP contribution is -2.42. The molecule has 19 heteroatoms. The summed E-state index contributed by atoms with van der Waals surface area (Å²) in [6.45, 7) is 0.222. The number of aliphatic hydroxyl groups is 1. The fraction of sp³-hybridized carbons (Fsp3) is 0.333. The molecule has 0 aliphatic carbocycles. The molecule has 0 saturated heterocycles. The Morgan fingerprint density at radius 1 is 0.860 bits per heavy atom. The van der Waals surface area contributed by atoms with E-state index in [0.29, 0.717) is 0 Å². The quantitative estimate of drug-likeness (QED) is 0.0626. The average molecular weight is 616 g/mol. The molecule has 2 aromatic rings. The lowest BCUT2D eigenvalue weighted by atomic mass is 10.2. The third-order valence-corrected chi connectivity index (χ3v) is 4.97. The minimum absolute atomic E-state index is 0.0706. The van der Waals surface area contributed by atoms with E-state index >= 15 is 0 Å². The second kappa shape index (κ2) is 17.0. The molecule has 43 heavy (non-hydrogen) atoms. The summed E-state index contributed by atoms with van der Waals surface area (Å²) in [4.78, 5) is 57.5. The van der Waals surface area contributed by atoms with Gasteiger partial charge in [-0.25, -0.2) is 24.1 Å². The van der Waals surface area contributed by atoms with Crippen molar-refractivity contribution in [2.45, 2.75) is 32.1 Å². The van der Waals surface area contributed by atoms with E-state index in [2.05, 4.69) is 9.68 Å². The Labute approximate surface area is 242 Å². The molecule has 2 aromatic carbocycles. The highest BCUT2D eigenvalue weighted by Gasteiger charge is 2.25.